The molecular weight excluding hydrogens is 218 g/mol. The van der Waals surface area contributed by atoms with E-state index in [1.807, 2.05) is 0 Å². The second-order valence-electron chi connectivity index (χ2n) is 4.84. The van der Waals surface area contributed by atoms with Gasteiger partial charge in [0, 0.05) is 32.1 Å². The molecule has 0 atom stereocenters. The van der Waals surface area contributed by atoms with Gasteiger partial charge in [0.2, 0.25) is 11.8 Å². The minimum absolute atomic E-state index is 0.0454. The number of carbonyl (C=O) groups excluding carboxylic acids is 2. The Morgan fingerprint density at radius 1 is 1.35 bits per heavy atom. The van der Waals surface area contributed by atoms with Crippen LogP contribution < -0.4 is 10.6 Å². The van der Waals surface area contributed by atoms with Crippen LogP contribution in [0.1, 0.15) is 32.1 Å². The molecule has 0 radical (unpaired) electrons. The summed E-state index contributed by atoms with van der Waals surface area (Å²) < 4.78 is 0. The van der Waals surface area contributed by atoms with Crippen molar-refractivity contribution in [3.8, 4) is 0 Å². The smallest absolute Gasteiger partial charge is 0.236 e. The van der Waals surface area contributed by atoms with Gasteiger partial charge in [0.05, 0.1) is 6.54 Å². The molecule has 0 bridgehead atoms. The molecule has 1 aliphatic heterocycles. The monoisotopic (exact) mass is 239 g/mol. The van der Waals surface area contributed by atoms with Gasteiger partial charge >= 0.3 is 0 Å². The van der Waals surface area contributed by atoms with E-state index < -0.39 is 0 Å². The maximum absolute atomic E-state index is 11.9. The zero-order valence-corrected chi connectivity index (χ0v) is 10.2. The van der Waals surface area contributed by atoms with E-state index in [4.69, 9.17) is 0 Å². The van der Waals surface area contributed by atoms with E-state index in [0.29, 0.717) is 38.6 Å². The van der Waals surface area contributed by atoms with Crippen LogP contribution in [0.2, 0.25) is 0 Å². The van der Waals surface area contributed by atoms with Crippen LogP contribution in [0.3, 0.4) is 0 Å². The van der Waals surface area contributed by atoms with Crippen molar-refractivity contribution in [2.45, 2.75) is 38.1 Å². The van der Waals surface area contributed by atoms with E-state index >= 15 is 0 Å². The van der Waals surface area contributed by atoms with Gasteiger partial charge in [-0.3, -0.25) is 9.59 Å². The van der Waals surface area contributed by atoms with Gasteiger partial charge in [-0.1, -0.05) is 12.8 Å². The Morgan fingerprint density at radius 3 is 2.88 bits per heavy atom. The van der Waals surface area contributed by atoms with E-state index in [1.165, 1.54) is 25.7 Å². The number of rotatable bonds is 3. The standard InChI is InChI=1S/C12H21N3O2/c16-11-5-7-15(8-6-13-11)12(17)9-14-10-3-1-2-4-10/h10,14H,1-9H2,(H,13,16). The van der Waals surface area contributed by atoms with Gasteiger partial charge in [-0.15, -0.1) is 0 Å². The molecule has 2 fully saturated rings. The van der Waals surface area contributed by atoms with Gasteiger partial charge in [0.15, 0.2) is 0 Å². The fraction of sp³-hybridized carbons (Fsp3) is 0.833. The lowest BCUT2D eigenvalue weighted by molar-refractivity contribution is -0.130. The van der Waals surface area contributed by atoms with Crippen molar-refractivity contribution in [1.29, 1.82) is 0 Å². The molecule has 1 aliphatic carbocycles. The summed E-state index contributed by atoms with van der Waals surface area (Å²) in [6.07, 6.45) is 5.35. The second-order valence-corrected chi connectivity index (χ2v) is 4.84. The summed E-state index contributed by atoms with van der Waals surface area (Å²) in [6.45, 7) is 2.18. The Bertz CT molecular complexity index is 287. The van der Waals surface area contributed by atoms with Gasteiger partial charge in [0.1, 0.15) is 0 Å². The summed E-state index contributed by atoms with van der Waals surface area (Å²) in [5.41, 5.74) is 0. The summed E-state index contributed by atoms with van der Waals surface area (Å²) in [5.74, 6) is 0.164. The normalized spacial score (nSPS) is 22.4. The molecule has 5 nitrogen and oxygen atoms in total. The van der Waals surface area contributed by atoms with Crippen LogP contribution in [0.4, 0.5) is 0 Å². The van der Waals surface area contributed by atoms with Crippen molar-refractivity contribution >= 4 is 11.8 Å². The number of nitrogens with one attached hydrogen (secondary N) is 2. The van der Waals surface area contributed by atoms with Crippen molar-refractivity contribution < 1.29 is 9.59 Å². The number of carbonyl (C=O) groups is 2. The molecule has 2 aliphatic rings. The van der Waals surface area contributed by atoms with E-state index in [9.17, 15) is 9.59 Å². The average Bonchev–Trinajstić information content (AvgIpc) is 2.74. The van der Waals surface area contributed by atoms with Gasteiger partial charge in [-0.05, 0) is 12.8 Å². The zero-order valence-electron chi connectivity index (χ0n) is 10.2. The molecule has 0 unspecified atom stereocenters. The highest BCUT2D eigenvalue weighted by Crippen LogP contribution is 2.17. The molecular formula is C12H21N3O2. The van der Waals surface area contributed by atoms with E-state index in [-0.39, 0.29) is 11.8 Å². The first-order valence-corrected chi connectivity index (χ1v) is 6.53. The van der Waals surface area contributed by atoms with E-state index in [2.05, 4.69) is 10.6 Å². The molecule has 2 rings (SSSR count). The molecule has 0 aromatic carbocycles. The fourth-order valence-corrected chi connectivity index (χ4v) is 2.49. The van der Waals surface area contributed by atoms with Gasteiger partial charge < -0.3 is 15.5 Å². The predicted octanol–water partition coefficient (Wildman–Crippen LogP) is -0.133. The van der Waals surface area contributed by atoms with Crippen LogP contribution in [0, 0.1) is 0 Å². The Morgan fingerprint density at radius 2 is 2.12 bits per heavy atom. The zero-order chi connectivity index (χ0) is 12.1. The summed E-state index contributed by atoms with van der Waals surface area (Å²) in [7, 11) is 0. The number of nitrogens with zero attached hydrogens (tertiary/aromatic N) is 1. The van der Waals surface area contributed by atoms with Gasteiger partial charge in [0.25, 0.3) is 0 Å². The number of hydrogen-bond acceptors (Lipinski definition) is 3. The molecule has 17 heavy (non-hydrogen) atoms. The molecule has 2 amide bonds. The highest BCUT2D eigenvalue weighted by Gasteiger charge is 2.20. The Labute approximate surface area is 102 Å². The maximum Gasteiger partial charge on any atom is 0.236 e. The summed E-state index contributed by atoms with van der Waals surface area (Å²) >= 11 is 0. The first kappa shape index (κ1) is 12.4. The Kier molecular flexibility index (Phi) is 4.36. The quantitative estimate of drug-likeness (QED) is 0.721. The molecule has 1 heterocycles. The van der Waals surface area contributed by atoms with Crippen LogP contribution in [0.25, 0.3) is 0 Å². The van der Waals surface area contributed by atoms with Crippen LogP contribution in [-0.2, 0) is 9.59 Å². The average molecular weight is 239 g/mol. The van der Waals surface area contributed by atoms with Crippen LogP contribution in [-0.4, -0.2) is 48.9 Å². The largest absolute Gasteiger partial charge is 0.354 e. The lowest BCUT2D eigenvalue weighted by atomic mass is 10.2. The van der Waals surface area contributed by atoms with Crippen molar-refractivity contribution in [2.24, 2.45) is 0 Å². The topological polar surface area (TPSA) is 61.4 Å². The predicted molar refractivity (Wildman–Crippen MR) is 64.5 cm³/mol. The maximum atomic E-state index is 11.9. The van der Waals surface area contributed by atoms with Crippen LogP contribution in [0.15, 0.2) is 0 Å². The number of amides is 2. The second kappa shape index (κ2) is 6.00. The minimum atomic E-state index is 0.0454. The summed E-state index contributed by atoms with van der Waals surface area (Å²) in [6, 6.07) is 0.519. The fourth-order valence-electron chi connectivity index (χ4n) is 2.49. The SMILES string of the molecule is O=C1CCN(C(=O)CNC2CCCC2)CCN1. The summed E-state index contributed by atoms with van der Waals surface area (Å²) in [5, 5.41) is 6.09. The lowest BCUT2D eigenvalue weighted by Crippen LogP contribution is -2.42. The molecule has 0 aromatic rings. The lowest BCUT2D eigenvalue weighted by Gasteiger charge is -2.21. The van der Waals surface area contributed by atoms with Crippen LogP contribution >= 0.6 is 0 Å². The molecule has 1 saturated carbocycles. The van der Waals surface area contributed by atoms with Crippen molar-refractivity contribution in [3.63, 3.8) is 0 Å². The molecule has 1 saturated heterocycles. The molecule has 0 aromatic heterocycles. The summed E-state index contributed by atoms with van der Waals surface area (Å²) in [4.78, 5) is 24.9. The third-order valence-corrected chi connectivity index (χ3v) is 3.56. The Hall–Kier alpha value is -1.10. The number of hydrogen-bond donors (Lipinski definition) is 2. The van der Waals surface area contributed by atoms with Crippen molar-refractivity contribution in [1.82, 2.24) is 15.5 Å². The third-order valence-electron chi connectivity index (χ3n) is 3.56. The first-order valence-electron chi connectivity index (χ1n) is 6.53. The molecule has 5 heteroatoms. The van der Waals surface area contributed by atoms with E-state index in [1.54, 1.807) is 4.90 Å². The van der Waals surface area contributed by atoms with Gasteiger partial charge in [-0.25, -0.2) is 0 Å². The van der Waals surface area contributed by atoms with Crippen LogP contribution in [0.5, 0.6) is 0 Å². The molecule has 2 N–H and O–H groups in total. The van der Waals surface area contributed by atoms with E-state index in [0.717, 1.165) is 0 Å². The first-order chi connectivity index (χ1) is 8.25. The third kappa shape index (κ3) is 3.70. The molecule has 96 valence electrons. The molecule has 0 spiro atoms. The van der Waals surface area contributed by atoms with Gasteiger partial charge in [-0.2, -0.15) is 0 Å². The van der Waals surface area contributed by atoms with Crippen molar-refractivity contribution in [3.05, 3.63) is 0 Å². The Balaban J connectivity index is 1.72. The minimum Gasteiger partial charge on any atom is -0.354 e. The highest BCUT2D eigenvalue weighted by atomic mass is 16.2. The van der Waals surface area contributed by atoms with Crippen molar-refractivity contribution in [2.75, 3.05) is 26.2 Å². The highest BCUT2D eigenvalue weighted by molar-refractivity contribution is 5.81.